The zero-order valence-corrected chi connectivity index (χ0v) is 19.0. The van der Waals surface area contributed by atoms with Crippen LogP contribution >= 0.6 is 0 Å². The first-order chi connectivity index (χ1) is 14.3. The molecule has 0 atom stereocenters. The number of nitrogens with one attached hydrogen (secondary N) is 2. The number of sulfonamides is 1. The predicted octanol–water partition coefficient (Wildman–Crippen LogP) is 1.17. The van der Waals surface area contributed by atoms with Crippen molar-refractivity contribution in [2.24, 2.45) is 0 Å². The average Bonchev–Trinajstić information content (AvgIpc) is 2.74. The summed E-state index contributed by atoms with van der Waals surface area (Å²) in [6.07, 6.45) is 0.843. The van der Waals surface area contributed by atoms with Crippen molar-refractivity contribution in [3.8, 4) is 5.75 Å². The van der Waals surface area contributed by atoms with E-state index in [1.165, 1.54) is 28.4 Å². The Hall–Kier alpha value is -2.42. The number of ether oxygens (including phenoxy) is 1. The molecular formula is C22H32N3O4S+. The van der Waals surface area contributed by atoms with E-state index >= 15 is 0 Å². The molecule has 2 rings (SSSR count). The van der Waals surface area contributed by atoms with Crippen LogP contribution in [0.5, 0.6) is 5.75 Å². The normalized spacial score (nSPS) is 11.7. The van der Waals surface area contributed by atoms with Crippen molar-refractivity contribution in [2.75, 3.05) is 40.8 Å². The lowest BCUT2D eigenvalue weighted by Crippen LogP contribution is -3.05. The Morgan fingerprint density at radius 2 is 1.83 bits per heavy atom. The maximum atomic E-state index is 13.4. The molecule has 0 fully saturated rings. The SMILES string of the molecule is CCN(Cc1ccccc1)S(=O)(=O)c1cc(C(=O)NCCC[NH+](C)C)ccc1OC. The Balaban J connectivity index is 2.26. The number of hydrogen-bond acceptors (Lipinski definition) is 4. The maximum absolute atomic E-state index is 13.4. The molecule has 0 radical (unpaired) electrons. The average molecular weight is 435 g/mol. The number of methoxy groups -OCH3 is 1. The summed E-state index contributed by atoms with van der Waals surface area (Å²) >= 11 is 0. The molecule has 2 N–H and O–H groups in total. The van der Waals surface area contributed by atoms with E-state index in [-0.39, 0.29) is 23.1 Å². The number of rotatable bonds is 11. The minimum atomic E-state index is -3.86. The Kier molecular flexibility index (Phi) is 8.83. The van der Waals surface area contributed by atoms with E-state index in [1.807, 2.05) is 30.3 Å². The minimum absolute atomic E-state index is 0.00633. The van der Waals surface area contributed by atoms with Gasteiger partial charge in [-0.05, 0) is 23.8 Å². The second-order valence-corrected chi connectivity index (χ2v) is 9.26. The molecule has 2 aromatic carbocycles. The fraction of sp³-hybridized carbons (Fsp3) is 0.409. The van der Waals surface area contributed by atoms with E-state index < -0.39 is 10.0 Å². The van der Waals surface area contributed by atoms with Crippen LogP contribution in [0.3, 0.4) is 0 Å². The maximum Gasteiger partial charge on any atom is 0.251 e. The number of hydrogen-bond donors (Lipinski definition) is 2. The molecule has 7 nitrogen and oxygen atoms in total. The van der Waals surface area contributed by atoms with Crippen LogP contribution in [0, 0.1) is 0 Å². The zero-order chi connectivity index (χ0) is 22.1. The lowest BCUT2D eigenvalue weighted by Gasteiger charge is -2.22. The molecule has 2 aromatic rings. The molecule has 0 aromatic heterocycles. The summed E-state index contributed by atoms with van der Waals surface area (Å²) in [5, 5.41) is 2.85. The van der Waals surface area contributed by atoms with Gasteiger partial charge in [-0.1, -0.05) is 37.3 Å². The van der Waals surface area contributed by atoms with Gasteiger partial charge in [0.25, 0.3) is 5.91 Å². The molecule has 0 aliphatic heterocycles. The van der Waals surface area contributed by atoms with Crippen molar-refractivity contribution in [1.29, 1.82) is 0 Å². The van der Waals surface area contributed by atoms with Crippen molar-refractivity contribution >= 4 is 15.9 Å². The Morgan fingerprint density at radius 3 is 2.43 bits per heavy atom. The van der Waals surface area contributed by atoms with E-state index in [9.17, 15) is 13.2 Å². The van der Waals surface area contributed by atoms with Crippen LogP contribution in [-0.2, 0) is 16.6 Å². The van der Waals surface area contributed by atoms with Crippen molar-refractivity contribution in [1.82, 2.24) is 9.62 Å². The third-order valence-electron chi connectivity index (χ3n) is 4.74. The highest BCUT2D eigenvalue weighted by Crippen LogP contribution is 2.28. The summed E-state index contributed by atoms with van der Waals surface area (Å²) in [5.41, 5.74) is 1.18. The summed E-state index contributed by atoms with van der Waals surface area (Å²) in [5.74, 6) is -0.0803. The number of amides is 1. The molecule has 0 unspecified atom stereocenters. The van der Waals surface area contributed by atoms with Crippen LogP contribution < -0.4 is 15.0 Å². The smallest absolute Gasteiger partial charge is 0.251 e. The topological polar surface area (TPSA) is 80.2 Å². The molecule has 0 bridgehead atoms. The molecule has 8 heteroatoms. The predicted molar refractivity (Wildman–Crippen MR) is 117 cm³/mol. The zero-order valence-electron chi connectivity index (χ0n) is 18.1. The van der Waals surface area contributed by atoms with E-state index in [0.29, 0.717) is 18.7 Å². The van der Waals surface area contributed by atoms with Gasteiger partial charge in [0.2, 0.25) is 10.0 Å². The van der Waals surface area contributed by atoms with Crippen molar-refractivity contribution in [3.05, 3.63) is 59.7 Å². The van der Waals surface area contributed by atoms with Crippen molar-refractivity contribution in [3.63, 3.8) is 0 Å². The fourth-order valence-corrected chi connectivity index (χ4v) is 4.68. The summed E-state index contributed by atoms with van der Waals surface area (Å²) in [4.78, 5) is 13.8. The lowest BCUT2D eigenvalue weighted by molar-refractivity contribution is -0.858. The van der Waals surface area contributed by atoms with E-state index in [2.05, 4.69) is 19.4 Å². The molecule has 0 heterocycles. The summed E-state index contributed by atoms with van der Waals surface area (Å²) < 4.78 is 33.4. The Morgan fingerprint density at radius 1 is 1.13 bits per heavy atom. The van der Waals surface area contributed by atoms with Gasteiger partial charge in [-0.25, -0.2) is 8.42 Å². The molecule has 30 heavy (non-hydrogen) atoms. The van der Waals surface area contributed by atoms with Gasteiger partial charge in [0.1, 0.15) is 10.6 Å². The number of benzene rings is 2. The number of nitrogens with zero attached hydrogens (tertiary/aromatic N) is 1. The largest absolute Gasteiger partial charge is 0.495 e. The van der Waals surface area contributed by atoms with E-state index in [1.54, 1.807) is 13.0 Å². The van der Waals surface area contributed by atoms with Crippen LogP contribution in [0.15, 0.2) is 53.4 Å². The molecular weight excluding hydrogens is 402 g/mol. The lowest BCUT2D eigenvalue weighted by atomic mass is 10.2. The molecule has 0 saturated heterocycles. The van der Waals surface area contributed by atoms with Crippen LogP contribution in [0.1, 0.15) is 29.3 Å². The quantitative estimate of drug-likeness (QED) is 0.521. The van der Waals surface area contributed by atoms with Gasteiger partial charge in [0, 0.05) is 31.6 Å². The van der Waals surface area contributed by atoms with Gasteiger partial charge < -0.3 is 15.0 Å². The van der Waals surface area contributed by atoms with Crippen LogP contribution in [-0.4, -0.2) is 59.5 Å². The van der Waals surface area contributed by atoms with Crippen LogP contribution in [0.25, 0.3) is 0 Å². The van der Waals surface area contributed by atoms with Crippen LogP contribution in [0.2, 0.25) is 0 Å². The monoisotopic (exact) mass is 434 g/mol. The third kappa shape index (κ3) is 6.29. The second-order valence-electron chi connectivity index (χ2n) is 7.35. The first kappa shape index (κ1) is 23.9. The van der Waals surface area contributed by atoms with Gasteiger partial charge in [0.15, 0.2) is 0 Å². The fourth-order valence-electron chi connectivity index (χ4n) is 3.06. The first-order valence-electron chi connectivity index (χ1n) is 10.1. The van der Waals surface area contributed by atoms with E-state index in [0.717, 1.165) is 18.5 Å². The highest BCUT2D eigenvalue weighted by Gasteiger charge is 2.28. The molecule has 0 aliphatic rings. The van der Waals surface area contributed by atoms with Crippen molar-refractivity contribution < 1.29 is 22.8 Å². The van der Waals surface area contributed by atoms with Gasteiger partial charge >= 0.3 is 0 Å². The number of quaternary nitrogens is 1. The number of carbonyl (C=O) groups is 1. The first-order valence-corrected chi connectivity index (χ1v) is 11.5. The summed E-state index contributed by atoms with van der Waals surface area (Å²) in [6, 6.07) is 13.9. The standard InChI is InChI=1S/C22H31N3O4S/c1-5-25(17-18-10-7-6-8-11-18)30(27,28)21-16-19(12-13-20(21)29-4)22(26)23-14-9-15-24(2)3/h6-8,10-13,16H,5,9,14-15,17H2,1-4H3,(H,23,26)/p+1. The molecule has 0 saturated carbocycles. The molecule has 1 amide bonds. The van der Waals surface area contributed by atoms with Gasteiger partial charge in [0.05, 0.1) is 27.7 Å². The summed E-state index contributed by atoms with van der Waals surface area (Å²) in [6.45, 7) is 3.80. The molecule has 164 valence electrons. The van der Waals surface area contributed by atoms with Crippen LogP contribution in [0.4, 0.5) is 0 Å². The molecule has 0 aliphatic carbocycles. The van der Waals surface area contributed by atoms with Gasteiger partial charge in [-0.2, -0.15) is 4.31 Å². The molecule has 0 spiro atoms. The van der Waals surface area contributed by atoms with E-state index in [4.69, 9.17) is 4.74 Å². The third-order valence-corrected chi connectivity index (χ3v) is 6.68. The minimum Gasteiger partial charge on any atom is -0.495 e. The Bertz CT molecular complexity index is 931. The van der Waals surface area contributed by atoms with Gasteiger partial charge in [-0.15, -0.1) is 0 Å². The summed E-state index contributed by atoms with van der Waals surface area (Å²) in [7, 11) is 1.67. The van der Waals surface area contributed by atoms with Crippen molar-refractivity contribution in [2.45, 2.75) is 24.8 Å². The number of carbonyl (C=O) groups excluding carboxylic acids is 1. The Labute approximate surface area is 179 Å². The second kappa shape index (κ2) is 11.1. The highest BCUT2D eigenvalue weighted by molar-refractivity contribution is 7.89. The van der Waals surface area contributed by atoms with Gasteiger partial charge in [-0.3, -0.25) is 4.79 Å². The highest BCUT2D eigenvalue weighted by atomic mass is 32.2.